The maximum atomic E-state index is 10.6. The lowest BCUT2D eigenvalue weighted by molar-refractivity contribution is 0.0499. The fourth-order valence-corrected chi connectivity index (χ4v) is 1.56. The molecule has 0 radical (unpaired) electrons. The predicted molar refractivity (Wildman–Crippen MR) is 57.1 cm³/mol. The molecule has 4 heteroatoms. The number of aldehydes is 1. The van der Waals surface area contributed by atoms with Crippen molar-refractivity contribution < 1.29 is 14.3 Å². The summed E-state index contributed by atoms with van der Waals surface area (Å²) in [5.74, 6) is 0.583. The Morgan fingerprint density at radius 2 is 2.31 bits per heavy atom. The molecular formula is C9H9IO3. The molecule has 0 bridgehead atoms. The molecular weight excluding hydrogens is 283 g/mol. The fourth-order valence-electron chi connectivity index (χ4n) is 0.888. The summed E-state index contributed by atoms with van der Waals surface area (Å²) in [7, 11) is 1.54. The van der Waals surface area contributed by atoms with E-state index in [0.717, 1.165) is 9.86 Å². The normalized spacial score (nSPS) is 9.69. The van der Waals surface area contributed by atoms with Crippen molar-refractivity contribution in [1.82, 2.24) is 0 Å². The molecule has 3 nitrogen and oxygen atoms in total. The van der Waals surface area contributed by atoms with Gasteiger partial charge in [-0.15, -0.1) is 0 Å². The van der Waals surface area contributed by atoms with Gasteiger partial charge in [-0.25, -0.2) is 0 Å². The third kappa shape index (κ3) is 2.67. The first kappa shape index (κ1) is 10.5. The molecule has 0 unspecified atom stereocenters. The van der Waals surface area contributed by atoms with Gasteiger partial charge in [0.2, 0.25) is 0 Å². The number of para-hydroxylation sites is 1. The van der Waals surface area contributed by atoms with Crippen molar-refractivity contribution in [2.24, 2.45) is 0 Å². The molecule has 0 fully saturated rings. The molecule has 0 aliphatic carbocycles. The van der Waals surface area contributed by atoms with Crippen LogP contribution in [0.2, 0.25) is 0 Å². The minimum atomic E-state index is 0.154. The first-order valence-corrected chi connectivity index (χ1v) is 4.73. The second kappa shape index (κ2) is 5.18. The Kier molecular flexibility index (Phi) is 4.17. The first-order valence-electron chi connectivity index (χ1n) is 3.65. The van der Waals surface area contributed by atoms with Gasteiger partial charge in [-0.1, -0.05) is 6.07 Å². The average molecular weight is 292 g/mol. The lowest BCUT2D eigenvalue weighted by Crippen LogP contribution is -2.02. The third-order valence-corrected chi connectivity index (χ3v) is 2.29. The Labute approximate surface area is 90.2 Å². The molecule has 13 heavy (non-hydrogen) atoms. The Morgan fingerprint density at radius 3 is 2.92 bits per heavy atom. The molecule has 0 amide bonds. The number of halogens is 1. The fraction of sp³-hybridized carbons (Fsp3) is 0.222. The Balaban J connectivity index is 2.93. The second-order valence-electron chi connectivity index (χ2n) is 2.33. The van der Waals surface area contributed by atoms with Gasteiger partial charge in [0.15, 0.2) is 13.1 Å². The number of hydrogen-bond donors (Lipinski definition) is 0. The van der Waals surface area contributed by atoms with Gasteiger partial charge in [0.05, 0.1) is 9.13 Å². The summed E-state index contributed by atoms with van der Waals surface area (Å²) in [4.78, 5) is 10.6. The highest BCUT2D eigenvalue weighted by molar-refractivity contribution is 14.1. The van der Waals surface area contributed by atoms with Gasteiger partial charge in [0.25, 0.3) is 0 Å². The highest BCUT2D eigenvalue weighted by Gasteiger charge is 2.06. The van der Waals surface area contributed by atoms with Crippen LogP contribution in [0, 0.1) is 3.57 Å². The lowest BCUT2D eigenvalue weighted by atomic mass is 10.2. The van der Waals surface area contributed by atoms with Crippen LogP contribution in [-0.4, -0.2) is 20.2 Å². The summed E-state index contributed by atoms with van der Waals surface area (Å²) in [6.07, 6.45) is 0.771. The monoisotopic (exact) mass is 292 g/mol. The zero-order valence-electron chi connectivity index (χ0n) is 7.12. The Bertz CT molecular complexity index is 299. The summed E-state index contributed by atoms with van der Waals surface area (Å²) in [5.41, 5.74) is 0.545. The number of hydrogen-bond acceptors (Lipinski definition) is 3. The van der Waals surface area contributed by atoms with Crippen molar-refractivity contribution in [2.75, 3.05) is 13.9 Å². The van der Waals surface area contributed by atoms with Gasteiger partial charge < -0.3 is 9.47 Å². The van der Waals surface area contributed by atoms with E-state index in [2.05, 4.69) is 22.6 Å². The van der Waals surface area contributed by atoms with Crippen LogP contribution in [0.5, 0.6) is 5.75 Å². The molecule has 0 saturated heterocycles. The molecule has 70 valence electrons. The van der Waals surface area contributed by atoms with E-state index >= 15 is 0 Å². The number of methoxy groups -OCH3 is 1. The average Bonchev–Trinajstić information content (AvgIpc) is 2.15. The largest absolute Gasteiger partial charge is 0.466 e. The predicted octanol–water partition coefficient (Wildman–Crippen LogP) is 2.09. The number of rotatable bonds is 4. The van der Waals surface area contributed by atoms with E-state index in [0.29, 0.717) is 11.3 Å². The summed E-state index contributed by atoms with van der Waals surface area (Å²) in [6.45, 7) is 0.154. The minimum Gasteiger partial charge on any atom is -0.466 e. The van der Waals surface area contributed by atoms with E-state index in [1.165, 1.54) is 7.11 Å². The topological polar surface area (TPSA) is 35.5 Å². The zero-order valence-corrected chi connectivity index (χ0v) is 9.28. The van der Waals surface area contributed by atoms with Gasteiger partial charge in [0, 0.05) is 7.11 Å². The third-order valence-electron chi connectivity index (χ3n) is 1.45. The molecule has 1 aromatic rings. The van der Waals surface area contributed by atoms with E-state index < -0.39 is 0 Å². The van der Waals surface area contributed by atoms with Gasteiger partial charge >= 0.3 is 0 Å². The van der Waals surface area contributed by atoms with Crippen LogP contribution < -0.4 is 4.74 Å². The van der Waals surface area contributed by atoms with Crippen LogP contribution >= 0.6 is 22.6 Å². The molecule has 0 spiro atoms. The van der Waals surface area contributed by atoms with E-state index in [4.69, 9.17) is 9.47 Å². The summed E-state index contributed by atoms with van der Waals surface area (Å²) < 4.78 is 10.9. The Hall–Kier alpha value is -0.620. The lowest BCUT2D eigenvalue weighted by Gasteiger charge is -2.08. The Morgan fingerprint density at radius 1 is 1.54 bits per heavy atom. The van der Waals surface area contributed by atoms with Crippen molar-refractivity contribution in [1.29, 1.82) is 0 Å². The SMILES string of the molecule is COCOc1c(I)cccc1C=O. The van der Waals surface area contributed by atoms with Crippen molar-refractivity contribution in [3.8, 4) is 5.75 Å². The zero-order chi connectivity index (χ0) is 9.68. The smallest absolute Gasteiger partial charge is 0.188 e. The second-order valence-corrected chi connectivity index (χ2v) is 3.49. The van der Waals surface area contributed by atoms with Crippen LogP contribution in [0.15, 0.2) is 18.2 Å². The van der Waals surface area contributed by atoms with E-state index in [1.807, 2.05) is 12.1 Å². The molecule has 0 aliphatic rings. The molecule has 0 heterocycles. The van der Waals surface area contributed by atoms with Crippen LogP contribution in [0.4, 0.5) is 0 Å². The first-order chi connectivity index (χ1) is 6.29. The van der Waals surface area contributed by atoms with Gasteiger partial charge in [0.1, 0.15) is 5.75 Å². The van der Waals surface area contributed by atoms with Crippen LogP contribution in [0.25, 0.3) is 0 Å². The van der Waals surface area contributed by atoms with Crippen LogP contribution in [0.3, 0.4) is 0 Å². The molecule has 1 rings (SSSR count). The standard InChI is InChI=1S/C9H9IO3/c1-12-6-13-9-7(5-11)3-2-4-8(9)10/h2-5H,6H2,1H3. The van der Waals surface area contributed by atoms with Gasteiger partial charge in [-0.05, 0) is 34.7 Å². The van der Waals surface area contributed by atoms with Crippen LogP contribution in [-0.2, 0) is 4.74 Å². The minimum absolute atomic E-state index is 0.154. The maximum absolute atomic E-state index is 10.6. The molecule has 1 aromatic carbocycles. The van der Waals surface area contributed by atoms with Gasteiger partial charge in [-0.3, -0.25) is 4.79 Å². The summed E-state index contributed by atoms with van der Waals surface area (Å²) >= 11 is 2.11. The summed E-state index contributed by atoms with van der Waals surface area (Å²) in [6, 6.07) is 5.39. The van der Waals surface area contributed by atoms with E-state index in [1.54, 1.807) is 6.07 Å². The molecule has 0 atom stereocenters. The van der Waals surface area contributed by atoms with Crippen molar-refractivity contribution >= 4 is 28.9 Å². The summed E-state index contributed by atoms with van der Waals surface area (Å²) in [5, 5.41) is 0. The molecule has 0 aliphatic heterocycles. The number of ether oxygens (including phenoxy) is 2. The van der Waals surface area contributed by atoms with Crippen molar-refractivity contribution in [2.45, 2.75) is 0 Å². The van der Waals surface area contributed by atoms with Gasteiger partial charge in [-0.2, -0.15) is 0 Å². The molecule has 0 N–H and O–H groups in total. The highest BCUT2D eigenvalue weighted by Crippen LogP contribution is 2.24. The van der Waals surface area contributed by atoms with E-state index in [9.17, 15) is 4.79 Å². The van der Waals surface area contributed by atoms with E-state index in [-0.39, 0.29) is 6.79 Å². The van der Waals surface area contributed by atoms with Crippen molar-refractivity contribution in [3.05, 3.63) is 27.3 Å². The highest BCUT2D eigenvalue weighted by atomic mass is 127. The number of carbonyl (C=O) groups is 1. The number of benzene rings is 1. The quantitative estimate of drug-likeness (QED) is 0.484. The molecule has 0 saturated carbocycles. The maximum Gasteiger partial charge on any atom is 0.188 e. The van der Waals surface area contributed by atoms with Crippen molar-refractivity contribution in [3.63, 3.8) is 0 Å². The van der Waals surface area contributed by atoms with Crippen LogP contribution in [0.1, 0.15) is 10.4 Å². The number of carbonyl (C=O) groups excluding carboxylic acids is 1. The molecule has 0 aromatic heterocycles.